The van der Waals surface area contributed by atoms with Crippen LogP contribution in [-0.2, 0) is 16.5 Å². The fraction of sp³-hybridized carbons (Fsp3) is 0.786. The van der Waals surface area contributed by atoms with Crippen LogP contribution in [0.2, 0.25) is 0 Å². The van der Waals surface area contributed by atoms with Crippen molar-refractivity contribution in [2.75, 3.05) is 33.4 Å². The van der Waals surface area contributed by atoms with Gasteiger partial charge in [0.05, 0.1) is 12.7 Å². The minimum absolute atomic E-state index is 0.0876. The first-order valence-electron chi connectivity index (χ1n) is 7.40. The maximum absolute atomic E-state index is 12.5. The van der Waals surface area contributed by atoms with E-state index in [9.17, 15) is 4.79 Å². The van der Waals surface area contributed by atoms with Gasteiger partial charge in [-0.3, -0.25) is 9.48 Å². The second kappa shape index (κ2) is 5.73. The molecule has 0 radical (unpaired) electrons. The molecular weight excluding hydrogens is 272 g/mol. The van der Waals surface area contributed by atoms with E-state index in [4.69, 9.17) is 9.47 Å². The molecule has 0 aliphatic carbocycles. The van der Waals surface area contributed by atoms with Gasteiger partial charge in [-0.25, -0.2) is 4.98 Å². The van der Waals surface area contributed by atoms with E-state index >= 15 is 0 Å². The van der Waals surface area contributed by atoms with Crippen LogP contribution in [0.25, 0.3) is 0 Å². The highest BCUT2D eigenvalue weighted by atomic mass is 16.5. The number of piperidine rings is 1. The van der Waals surface area contributed by atoms with Gasteiger partial charge in [-0.05, 0) is 19.3 Å². The number of aromatic nitrogens is 3. The van der Waals surface area contributed by atoms with Crippen molar-refractivity contribution >= 4 is 5.91 Å². The zero-order chi connectivity index (χ0) is 14.9. The summed E-state index contributed by atoms with van der Waals surface area (Å²) in [5, 5.41) is 4.11. The third-order valence-electron chi connectivity index (χ3n) is 4.50. The number of rotatable bonds is 3. The molecule has 2 saturated heterocycles. The number of fused-ring (bicyclic) bond motifs is 1. The second-order valence-corrected chi connectivity index (χ2v) is 6.02. The predicted molar refractivity (Wildman–Crippen MR) is 74.8 cm³/mol. The molecule has 3 rings (SSSR count). The fourth-order valence-corrected chi connectivity index (χ4v) is 3.54. The number of carbonyl (C=O) groups excluding carboxylic acids is 1. The van der Waals surface area contributed by atoms with Gasteiger partial charge in [-0.15, -0.1) is 5.10 Å². The van der Waals surface area contributed by atoms with Gasteiger partial charge in [0, 0.05) is 39.3 Å². The standard InChI is InChI=1S/C14H22N4O3/c1-17-10-15-12(16-17)13(19)18-6-4-11-14(8-18,9-20-2)5-3-7-21-11/h10-11H,3-9H2,1-2H3. The molecule has 0 saturated carbocycles. The average Bonchev–Trinajstić information content (AvgIpc) is 2.92. The SMILES string of the molecule is COCC12CCCOC1CCN(C(=O)c1ncn(C)n1)C2. The van der Waals surface area contributed by atoms with E-state index in [2.05, 4.69) is 10.1 Å². The highest BCUT2D eigenvalue weighted by molar-refractivity contribution is 5.90. The Morgan fingerprint density at radius 2 is 2.48 bits per heavy atom. The lowest BCUT2D eigenvalue weighted by molar-refractivity contribution is -0.142. The summed E-state index contributed by atoms with van der Waals surface area (Å²) in [6.07, 6.45) is 4.64. The van der Waals surface area contributed by atoms with Gasteiger partial charge >= 0.3 is 0 Å². The quantitative estimate of drug-likeness (QED) is 0.810. The Morgan fingerprint density at radius 1 is 1.62 bits per heavy atom. The maximum Gasteiger partial charge on any atom is 0.293 e. The molecule has 0 spiro atoms. The van der Waals surface area contributed by atoms with Crippen molar-refractivity contribution in [3.63, 3.8) is 0 Å². The number of hydrogen-bond acceptors (Lipinski definition) is 5. The Balaban J connectivity index is 1.78. The number of nitrogens with zero attached hydrogens (tertiary/aromatic N) is 4. The van der Waals surface area contributed by atoms with Gasteiger partial charge in [0.15, 0.2) is 0 Å². The summed E-state index contributed by atoms with van der Waals surface area (Å²) in [4.78, 5) is 18.4. The Morgan fingerprint density at radius 3 is 3.19 bits per heavy atom. The van der Waals surface area contributed by atoms with Crippen molar-refractivity contribution < 1.29 is 14.3 Å². The molecule has 7 heteroatoms. The fourth-order valence-electron chi connectivity index (χ4n) is 3.54. The van der Waals surface area contributed by atoms with Crippen LogP contribution in [0.3, 0.4) is 0 Å². The number of aryl methyl sites for hydroxylation is 1. The Labute approximate surface area is 124 Å². The molecule has 0 bridgehead atoms. The van der Waals surface area contributed by atoms with E-state index in [0.29, 0.717) is 19.7 Å². The van der Waals surface area contributed by atoms with Crippen LogP contribution in [0.15, 0.2) is 6.33 Å². The molecule has 2 aliphatic rings. The summed E-state index contributed by atoms with van der Waals surface area (Å²) in [6.45, 7) is 2.78. The molecule has 1 aromatic rings. The van der Waals surface area contributed by atoms with E-state index in [-0.39, 0.29) is 23.3 Å². The van der Waals surface area contributed by atoms with Gasteiger partial charge in [-0.2, -0.15) is 0 Å². The molecule has 1 aromatic heterocycles. The zero-order valence-electron chi connectivity index (χ0n) is 12.6. The summed E-state index contributed by atoms with van der Waals surface area (Å²) >= 11 is 0. The molecule has 1 amide bonds. The molecular formula is C14H22N4O3. The third-order valence-corrected chi connectivity index (χ3v) is 4.50. The number of likely N-dealkylation sites (tertiary alicyclic amines) is 1. The van der Waals surface area contributed by atoms with Crippen LogP contribution in [0.4, 0.5) is 0 Å². The molecule has 2 fully saturated rings. The van der Waals surface area contributed by atoms with E-state index in [0.717, 1.165) is 25.9 Å². The Hall–Kier alpha value is -1.47. The molecule has 0 aromatic carbocycles. The average molecular weight is 294 g/mol. The van der Waals surface area contributed by atoms with Crippen LogP contribution >= 0.6 is 0 Å². The van der Waals surface area contributed by atoms with Crippen LogP contribution < -0.4 is 0 Å². The van der Waals surface area contributed by atoms with Gasteiger partial charge in [0.25, 0.3) is 5.91 Å². The van der Waals surface area contributed by atoms with Gasteiger partial charge in [-0.1, -0.05) is 0 Å². The van der Waals surface area contributed by atoms with Crippen molar-refractivity contribution in [2.24, 2.45) is 12.5 Å². The largest absolute Gasteiger partial charge is 0.384 e. The summed E-state index contributed by atoms with van der Waals surface area (Å²) in [5.41, 5.74) is -0.0876. The van der Waals surface area contributed by atoms with E-state index in [1.807, 2.05) is 4.90 Å². The van der Waals surface area contributed by atoms with Crippen molar-refractivity contribution in [1.29, 1.82) is 0 Å². The van der Waals surface area contributed by atoms with Crippen LogP contribution in [0.5, 0.6) is 0 Å². The first kappa shape index (κ1) is 14.5. The summed E-state index contributed by atoms with van der Waals surface area (Å²) in [7, 11) is 3.47. The summed E-state index contributed by atoms with van der Waals surface area (Å²) < 4.78 is 12.9. The number of ether oxygens (including phenoxy) is 2. The number of amides is 1. The number of methoxy groups -OCH3 is 1. The van der Waals surface area contributed by atoms with Crippen molar-refractivity contribution in [1.82, 2.24) is 19.7 Å². The first-order valence-corrected chi connectivity index (χ1v) is 7.40. The van der Waals surface area contributed by atoms with E-state index < -0.39 is 0 Å². The lowest BCUT2D eigenvalue weighted by atomic mass is 9.73. The molecule has 2 unspecified atom stereocenters. The van der Waals surface area contributed by atoms with Crippen molar-refractivity contribution in [3.05, 3.63) is 12.2 Å². The van der Waals surface area contributed by atoms with Crippen LogP contribution in [0.1, 0.15) is 29.9 Å². The summed E-state index contributed by atoms with van der Waals surface area (Å²) in [5.74, 6) is 0.162. The predicted octanol–water partition coefficient (Wildman–Crippen LogP) is 0.473. The lowest BCUT2D eigenvalue weighted by Crippen LogP contribution is -2.58. The molecule has 2 atom stereocenters. The molecule has 7 nitrogen and oxygen atoms in total. The van der Waals surface area contributed by atoms with Crippen molar-refractivity contribution in [3.8, 4) is 0 Å². The van der Waals surface area contributed by atoms with Gasteiger partial charge in [0.2, 0.25) is 5.82 Å². The van der Waals surface area contributed by atoms with Gasteiger partial charge < -0.3 is 14.4 Å². The summed E-state index contributed by atoms with van der Waals surface area (Å²) in [6, 6.07) is 0. The monoisotopic (exact) mass is 294 g/mol. The molecule has 0 N–H and O–H groups in total. The minimum Gasteiger partial charge on any atom is -0.384 e. The minimum atomic E-state index is -0.102. The number of hydrogen-bond donors (Lipinski definition) is 0. The van der Waals surface area contributed by atoms with E-state index in [1.165, 1.54) is 0 Å². The van der Waals surface area contributed by atoms with Crippen molar-refractivity contribution in [2.45, 2.75) is 25.4 Å². The maximum atomic E-state index is 12.5. The van der Waals surface area contributed by atoms with Gasteiger partial charge in [0.1, 0.15) is 6.33 Å². The smallest absolute Gasteiger partial charge is 0.293 e. The topological polar surface area (TPSA) is 69.5 Å². The zero-order valence-corrected chi connectivity index (χ0v) is 12.6. The molecule has 21 heavy (non-hydrogen) atoms. The number of carbonyl (C=O) groups is 1. The van der Waals surface area contributed by atoms with Crippen LogP contribution in [0, 0.1) is 5.41 Å². The Bertz CT molecular complexity index is 514. The highest BCUT2D eigenvalue weighted by Gasteiger charge is 2.47. The molecule has 2 aliphatic heterocycles. The Kier molecular flexibility index (Phi) is 3.95. The molecule has 3 heterocycles. The first-order chi connectivity index (χ1) is 10.1. The normalized spacial score (nSPS) is 29.2. The van der Waals surface area contributed by atoms with E-state index in [1.54, 1.807) is 25.2 Å². The second-order valence-electron chi connectivity index (χ2n) is 6.02. The molecule has 116 valence electrons. The highest BCUT2D eigenvalue weighted by Crippen LogP contribution is 2.40. The van der Waals surface area contributed by atoms with Crippen LogP contribution in [-0.4, -0.2) is 65.1 Å². The lowest BCUT2D eigenvalue weighted by Gasteiger charge is -2.49. The third kappa shape index (κ3) is 2.67.